The van der Waals surface area contributed by atoms with Gasteiger partial charge in [0, 0.05) is 13.1 Å². The lowest BCUT2D eigenvalue weighted by Gasteiger charge is -2.36. The van der Waals surface area contributed by atoms with Gasteiger partial charge in [-0.05, 0) is 43.7 Å². The van der Waals surface area contributed by atoms with E-state index in [0.717, 1.165) is 12.0 Å². The quantitative estimate of drug-likeness (QED) is 0.275. The van der Waals surface area contributed by atoms with Gasteiger partial charge in [0.1, 0.15) is 6.61 Å². The number of nitrogens with two attached hydrogens (primary N) is 2. The Bertz CT molecular complexity index is 740. The van der Waals surface area contributed by atoms with Crippen molar-refractivity contribution in [1.82, 2.24) is 10.2 Å². The van der Waals surface area contributed by atoms with Crippen LogP contribution < -0.4 is 16.8 Å². The van der Waals surface area contributed by atoms with E-state index in [-0.39, 0.29) is 18.9 Å². The number of nitrogens with one attached hydrogen (secondary N) is 1. The fraction of sp³-hybridized carbons (Fsp3) is 0.609. The van der Waals surface area contributed by atoms with E-state index in [1.807, 2.05) is 44.2 Å². The van der Waals surface area contributed by atoms with Crippen LogP contribution in [0.3, 0.4) is 0 Å². The largest absolute Gasteiger partial charge is 0.459 e. The van der Waals surface area contributed by atoms with Crippen molar-refractivity contribution in [3.63, 3.8) is 0 Å². The van der Waals surface area contributed by atoms with Crippen molar-refractivity contribution in [1.29, 1.82) is 0 Å². The summed E-state index contributed by atoms with van der Waals surface area (Å²) in [5.41, 5.74) is 10.8. The van der Waals surface area contributed by atoms with E-state index in [0.29, 0.717) is 38.9 Å². The van der Waals surface area contributed by atoms with Crippen LogP contribution in [-0.2, 0) is 25.7 Å². The van der Waals surface area contributed by atoms with Crippen LogP contribution in [0.5, 0.6) is 0 Å². The van der Waals surface area contributed by atoms with Crippen LogP contribution in [0.4, 0.5) is 0 Å². The third-order valence-electron chi connectivity index (χ3n) is 5.53. The summed E-state index contributed by atoms with van der Waals surface area (Å²) in [5, 5.41) is 2.83. The van der Waals surface area contributed by atoms with E-state index < -0.39 is 29.4 Å². The molecule has 0 spiro atoms. The van der Waals surface area contributed by atoms with Crippen molar-refractivity contribution in [2.45, 2.75) is 64.1 Å². The van der Waals surface area contributed by atoms with Crippen molar-refractivity contribution in [3.8, 4) is 0 Å². The molecule has 1 aromatic rings. The first-order valence-electron chi connectivity index (χ1n) is 11.1. The van der Waals surface area contributed by atoms with Gasteiger partial charge in [-0.3, -0.25) is 9.59 Å². The molecule has 2 amide bonds. The predicted octanol–water partition coefficient (Wildman–Crippen LogP) is 1.32. The van der Waals surface area contributed by atoms with E-state index in [2.05, 4.69) is 5.32 Å². The third kappa shape index (κ3) is 6.27. The van der Waals surface area contributed by atoms with Gasteiger partial charge >= 0.3 is 5.97 Å². The van der Waals surface area contributed by atoms with Gasteiger partial charge in [0.25, 0.3) is 5.91 Å². The summed E-state index contributed by atoms with van der Waals surface area (Å²) in [4.78, 5) is 41.0. The number of nitrogens with zero attached hydrogens (tertiary/aromatic N) is 1. The standard InChI is InChI=1S/C23H36N4O4/c1-17(2)15-26-21(29)23(22(30)31-16-18-9-4-3-5-10-18)12-8-14-27(23)20(28)19(25)11-6-7-13-24/h3-5,9-10,17,19H,6-8,11-16,24-25H2,1-2H3,(H,26,29)/t19-,23-/m0/s1. The Morgan fingerprint density at radius 1 is 1.19 bits per heavy atom. The second-order valence-electron chi connectivity index (χ2n) is 8.51. The molecule has 1 aromatic carbocycles. The molecule has 5 N–H and O–H groups in total. The SMILES string of the molecule is CC(C)CNC(=O)[C@]1(C(=O)OCc2ccccc2)CCCN1C(=O)[C@@H](N)CCCCN. The first-order chi connectivity index (χ1) is 14.8. The number of rotatable bonds is 11. The summed E-state index contributed by atoms with van der Waals surface area (Å²) >= 11 is 0. The first-order valence-corrected chi connectivity index (χ1v) is 11.1. The summed E-state index contributed by atoms with van der Waals surface area (Å²) in [6, 6.07) is 8.45. The van der Waals surface area contributed by atoms with Gasteiger partial charge in [-0.25, -0.2) is 4.79 Å². The Hall–Kier alpha value is -2.45. The molecule has 0 aliphatic carbocycles. The molecule has 0 aromatic heterocycles. The number of likely N-dealkylation sites (tertiary alicyclic amines) is 1. The average molecular weight is 433 g/mol. The topological polar surface area (TPSA) is 128 Å². The highest BCUT2D eigenvalue weighted by Gasteiger charge is 2.57. The van der Waals surface area contributed by atoms with Crippen molar-refractivity contribution in [3.05, 3.63) is 35.9 Å². The van der Waals surface area contributed by atoms with Crippen molar-refractivity contribution >= 4 is 17.8 Å². The lowest BCUT2D eigenvalue weighted by atomic mass is 9.93. The normalized spacial score (nSPS) is 19.3. The summed E-state index contributed by atoms with van der Waals surface area (Å²) in [6.07, 6.45) is 2.67. The second-order valence-corrected chi connectivity index (χ2v) is 8.51. The highest BCUT2D eigenvalue weighted by Crippen LogP contribution is 2.32. The zero-order valence-corrected chi connectivity index (χ0v) is 18.6. The number of esters is 1. The number of hydrogen-bond donors (Lipinski definition) is 3. The maximum atomic E-state index is 13.3. The lowest BCUT2D eigenvalue weighted by molar-refractivity contribution is -0.168. The van der Waals surface area contributed by atoms with Gasteiger partial charge in [0.15, 0.2) is 0 Å². The summed E-state index contributed by atoms with van der Waals surface area (Å²) in [6.45, 7) is 5.18. The Morgan fingerprint density at radius 2 is 1.90 bits per heavy atom. The number of unbranched alkanes of at least 4 members (excludes halogenated alkanes) is 1. The zero-order valence-electron chi connectivity index (χ0n) is 18.6. The van der Waals surface area contributed by atoms with Gasteiger partial charge in [-0.1, -0.05) is 50.6 Å². The molecule has 8 nitrogen and oxygen atoms in total. The molecule has 31 heavy (non-hydrogen) atoms. The fourth-order valence-corrected chi connectivity index (χ4v) is 3.78. The van der Waals surface area contributed by atoms with E-state index in [4.69, 9.17) is 16.2 Å². The van der Waals surface area contributed by atoms with Crippen LogP contribution in [0.25, 0.3) is 0 Å². The molecule has 8 heteroatoms. The van der Waals surface area contributed by atoms with E-state index in [1.54, 1.807) is 0 Å². The molecular formula is C23H36N4O4. The van der Waals surface area contributed by atoms with Crippen LogP contribution in [0.2, 0.25) is 0 Å². The van der Waals surface area contributed by atoms with Crippen LogP contribution >= 0.6 is 0 Å². The molecule has 1 aliphatic heterocycles. The van der Waals surface area contributed by atoms with Gasteiger partial charge in [0.05, 0.1) is 6.04 Å². The zero-order chi connectivity index (χ0) is 22.9. The van der Waals surface area contributed by atoms with Crippen LogP contribution in [0.15, 0.2) is 30.3 Å². The van der Waals surface area contributed by atoms with E-state index in [9.17, 15) is 14.4 Å². The van der Waals surface area contributed by atoms with Crippen molar-refractivity contribution in [2.24, 2.45) is 17.4 Å². The number of benzene rings is 1. The smallest absolute Gasteiger partial charge is 0.342 e. The Labute approximate surface area is 184 Å². The molecule has 0 bridgehead atoms. The number of carbonyl (C=O) groups is 3. The Morgan fingerprint density at radius 3 is 2.55 bits per heavy atom. The van der Waals surface area contributed by atoms with Gasteiger partial charge < -0.3 is 26.4 Å². The molecule has 2 rings (SSSR count). The average Bonchev–Trinajstić information content (AvgIpc) is 3.22. The van der Waals surface area contributed by atoms with Crippen molar-refractivity contribution < 1.29 is 19.1 Å². The lowest BCUT2D eigenvalue weighted by Crippen LogP contribution is -2.65. The number of carbonyl (C=O) groups excluding carboxylic acids is 3. The Balaban J connectivity index is 2.23. The molecule has 1 saturated heterocycles. The molecule has 1 aliphatic rings. The number of ether oxygens (including phenoxy) is 1. The van der Waals surface area contributed by atoms with Crippen LogP contribution in [0, 0.1) is 5.92 Å². The number of amides is 2. The predicted molar refractivity (Wildman–Crippen MR) is 119 cm³/mol. The Kier molecular flexibility index (Phi) is 9.45. The van der Waals surface area contributed by atoms with Gasteiger partial charge in [-0.2, -0.15) is 0 Å². The van der Waals surface area contributed by atoms with Crippen LogP contribution in [-0.4, -0.2) is 53.9 Å². The van der Waals surface area contributed by atoms with Crippen molar-refractivity contribution in [2.75, 3.05) is 19.6 Å². The minimum Gasteiger partial charge on any atom is -0.459 e. The minimum atomic E-state index is -1.69. The molecule has 172 valence electrons. The fourth-order valence-electron chi connectivity index (χ4n) is 3.78. The molecule has 0 radical (unpaired) electrons. The monoisotopic (exact) mass is 432 g/mol. The minimum absolute atomic E-state index is 0.0312. The first kappa shape index (κ1) is 24.8. The molecule has 0 unspecified atom stereocenters. The molecule has 1 heterocycles. The van der Waals surface area contributed by atoms with E-state index >= 15 is 0 Å². The highest BCUT2D eigenvalue weighted by molar-refractivity contribution is 6.10. The molecule has 1 fully saturated rings. The summed E-state index contributed by atoms with van der Waals surface area (Å²) < 4.78 is 5.55. The summed E-state index contributed by atoms with van der Waals surface area (Å²) in [5.74, 6) is -1.41. The van der Waals surface area contributed by atoms with Crippen LogP contribution in [0.1, 0.15) is 51.5 Å². The second kappa shape index (κ2) is 11.8. The van der Waals surface area contributed by atoms with Gasteiger partial charge in [0.2, 0.25) is 11.4 Å². The molecular weight excluding hydrogens is 396 g/mol. The maximum Gasteiger partial charge on any atom is 0.342 e. The van der Waals surface area contributed by atoms with Gasteiger partial charge in [-0.15, -0.1) is 0 Å². The van der Waals surface area contributed by atoms with E-state index in [1.165, 1.54) is 4.90 Å². The molecule has 2 atom stereocenters. The highest BCUT2D eigenvalue weighted by atomic mass is 16.5. The number of hydrogen-bond acceptors (Lipinski definition) is 6. The third-order valence-corrected chi connectivity index (χ3v) is 5.53. The summed E-state index contributed by atoms with van der Waals surface area (Å²) in [7, 11) is 0. The maximum absolute atomic E-state index is 13.3. The molecule has 0 saturated carbocycles.